The molecule has 29 heavy (non-hydrogen) atoms. The number of alkyl halides is 3. The Morgan fingerprint density at radius 2 is 1.62 bits per heavy atom. The van der Waals surface area contributed by atoms with E-state index in [0.717, 1.165) is 4.68 Å². The summed E-state index contributed by atoms with van der Waals surface area (Å²) in [6, 6.07) is 11.1. The summed E-state index contributed by atoms with van der Waals surface area (Å²) in [7, 11) is -3.94. The van der Waals surface area contributed by atoms with Gasteiger partial charge in [0.2, 0.25) is 10.0 Å². The van der Waals surface area contributed by atoms with E-state index in [-0.39, 0.29) is 28.3 Å². The lowest BCUT2D eigenvalue weighted by atomic mass is 9.98. The van der Waals surface area contributed by atoms with E-state index in [1.807, 2.05) is 0 Å². The summed E-state index contributed by atoms with van der Waals surface area (Å²) < 4.78 is 65.5. The van der Waals surface area contributed by atoms with Crippen LogP contribution in [0.4, 0.5) is 13.2 Å². The molecule has 0 amide bonds. The standard InChI is InChI=1S/C19H15ClF3N3O2S/c1-2-11-26-18(19(21,22)23)16(12-3-7-14(20)8-4-12)17(25-26)13-5-9-15(10-6-13)29(24,27)28/h2-10H,1,11H2,(H2,24,27,28). The molecule has 2 aromatic carbocycles. The number of benzene rings is 2. The van der Waals surface area contributed by atoms with Crippen LogP contribution in [0.15, 0.2) is 66.1 Å². The summed E-state index contributed by atoms with van der Waals surface area (Å²) in [6.45, 7) is 3.33. The molecule has 3 rings (SSSR count). The first kappa shape index (κ1) is 21.1. The van der Waals surface area contributed by atoms with Gasteiger partial charge in [-0.1, -0.05) is 41.9 Å². The predicted molar refractivity (Wildman–Crippen MR) is 105 cm³/mol. The Morgan fingerprint density at radius 1 is 1.07 bits per heavy atom. The van der Waals surface area contributed by atoms with Crippen LogP contribution in [-0.4, -0.2) is 18.2 Å². The van der Waals surface area contributed by atoms with Crippen molar-refractivity contribution in [3.63, 3.8) is 0 Å². The molecule has 2 N–H and O–H groups in total. The van der Waals surface area contributed by atoms with E-state index < -0.39 is 21.9 Å². The van der Waals surface area contributed by atoms with Crippen molar-refractivity contribution in [2.75, 3.05) is 0 Å². The normalized spacial score (nSPS) is 12.2. The monoisotopic (exact) mass is 441 g/mol. The zero-order valence-corrected chi connectivity index (χ0v) is 16.4. The molecule has 0 saturated carbocycles. The third kappa shape index (κ3) is 4.36. The maximum Gasteiger partial charge on any atom is 0.433 e. The smallest absolute Gasteiger partial charge is 0.255 e. The molecule has 10 heteroatoms. The van der Waals surface area contributed by atoms with Gasteiger partial charge in [-0.25, -0.2) is 13.6 Å². The number of hydrogen-bond acceptors (Lipinski definition) is 3. The fourth-order valence-electron chi connectivity index (χ4n) is 2.90. The number of sulfonamides is 1. The summed E-state index contributed by atoms with van der Waals surface area (Å²) in [4.78, 5) is -0.157. The molecular formula is C19H15ClF3N3O2S. The number of allylic oxidation sites excluding steroid dienone is 1. The van der Waals surface area contributed by atoms with Crippen LogP contribution in [0.25, 0.3) is 22.4 Å². The third-order valence-corrected chi connectivity index (χ3v) is 5.29. The molecule has 0 aliphatic heterocycles. The van der Waals surface area contributed by atoms with Gasteiger partial charge in [0.25, 0.3) is 0 Å². The fourth-order valence-corrected chi connectivity index (χ4v) is 3.54. The molecule has 0 aliphatic rings. The Balaban J connectivity index is 2.31. The second kappa shape index (κ2) is 7.66. The lowest BCUT2D eigenvalue weighted by Gasteiger charge is -2.12. The number of nitrogens with two attached hydrogens (primary N) is 1. The third-order valence-electron chi connectivity index (χ3n) is 4.11. The Kier molecular flexibility index (Phi) is 5.57. The van der Waals surface area contributed by atoms with Gasteiger partial charge < -0.3 is 0 Å². The number of aromatic nitrogens is 2. The van der Waals surface area contributed by atoms with Crippen LogP contribution >= 0.6 is 11.6 Å². The van der Waals surface area contributed by atoms with Crippen molar-refractivity contribution >= 4 is 21.6 Å². The van der Waals surface area contributed by atoms with Crippen molar-refractivity contribution in [1.29, 1.82) is 0 Å². The molecule has 0 atom stereocenters. The molecule has 0 unspecified atom stereocenters. The molecule has 152 valence electrons. The summed E-state index contributed by atoms with van der Waals surface area (Å²) in [5.74, 6) is 0. The molecule has 0 saturated heterocycles. The number of halogens is 4. The average molecular weight is 442 g/mol. The Morgan fingerprint density at radius 3 is 2.10 bits per heavy atom. The van der Waals surface area contributed by atoms with E-state index in [1.165, 1.54) is 54.6 Å². The first-order valence-electron chi connectivity index (χ1n) is 8.20. The summed E-state index contributed by atoms with van der Waals surface area (Å²) in [5, 5.41) is 9.60. The summed E-state index contributed by atoms with van der Waals surface area (Å²) >= 11 is 5.88. The van der Waals surface area contributed by atoms with Crippen LogP contribution in [-0.2, 0) is 22.7 Å². The molecule has 3 aromatic rings. The van der Waals surface area contributed by atoms with Crippen molar-refractivity contribution in [3.8, 4) is 22.4 Å². The van der Waals surface area contributed by atoms with Gasteiger partial charge in [0, 0.05) is 16.1 Å². The second-order valence-electron chi connectivity index (χ2n) is 6.12. The molecule has 0 spiro atoms. The highest BCUT2D eigenvalue weighted by Crippen LogP contribution is 2.43. The van der Waals surface area contributed by atoms with Crippen molar-refractivity contribution in [3.05, 3.63) is 71.9 Å². The molecule has 0 bridgehead atoms. The minimum absolute atomic E-state index is 0.0440. The van der Waals surface area contributed by atoms with Crippen molar-refractivity contribution in [1.82, 2.24) is 9.78 Å². The highest BCUT2D eigenvalue weighted by atomic mass is 35.5. The van der Waals surface area contributed by atoms with Crippen LogP contribution in [0.1, 0.15) is 5.69 Å². The average Bonchev–Trinajstić information content (AvgIpc) is 3.02. The molecule has 0 fully saturated rings. The van der Waals surface area contributed by atoms with Gasteiger partial charge >= 0.3 is 6.18 Å². The van der Waals surface area contributed by atoms with Gasteiger partial charge in [0.1, 0.15) is 5.69 Å². The van der Waals surface area contributed by atoms with E-state index in [4.69, 9.17) is 16.7 Å². The van der Waals surface area contributed by atoms with Crippen LogP contribution in [0.3, 0.4) is 0 Å². The number of rotatable bonds is 5. The number of hydrogen-bond donors (Lipinski definition) is 1. The zero-order chi connectivity index (χ0) is 21.4. The number of nitrogens with zero attached hydrogens (tertiary/aromatic N) is 2. The SMILES string of the molecule is C=CCn1nc(-c2ccc(S(N)(=O)=O)cc2)c(-c2ccc(Cl)cc2)c1C(F)(F)F. The quantitative estimate of drug-likeness (QED) is 0.582. The van der Waals surface area contributed by atoms with Crippen LogP contribution < -0.4 is 5.14 Å². The second-order valence-corrected chi connectivity index (χ2v) is 8.11. The lowest BCUT2D eigenvalue weighted by molar-refractivity contribution is -0.143. The van der Waals surface area contributed by atoms with Crippen molar-refractivity contribution < 1.29 is 21.6 Å². The van der Waals surface area contributed by atoms with Gasteiger partial charge in [-0.2, -0.15) is 18.3 Å². The molecule has 0 aliphatic carbocycles. The maximum absolute atomic E-state index is 13.9. The van der Waals surface area contributed by atoms with E-state index in [9.17, 15) is 21.6 Å². The van der Waals surface area contributed by atoms with Crippen molar-refractivity contribution in [2.24, 2.45) is 5.14 Å². The Bertz CT molecular complexity index is 1150. The van der Waals surface area contributed by atoms with Gasteiger partial charge in [0.15, 0.2) is 5.69 Å². The van der Waals surface area contributed by atoms with E-state index in [0.29, 0.717) is 10.6 Å². The van der Waals surface area contributed by atoms with Gasteiger partial charge in [-0.15, -0.1) is 6.58 Å². The van der Waals surface area contributed by atoms with Crippen LogP contribution in [0.2, 0.25) is 5.02 Å². The minimum Gasteiger partial charge on any atom is -0.255 e. The minimum atomic E-state index is -4.69. The van der Waals surface area contributed by atoms with Crippen LogP contribution in [0, 0.1) is 0 Å². The Hall–Kier alpha value is -2.62. The lowest BCUT2D eigenvalue weighted by Crippen LogP contribution is -2.15. The first-order valence-corrected chi connectivity index (χ1v) is 10.1. The zero-order valence-electron chi connectivity index (χ0n) is 14.8. The topological polar surface area (TPSA) is 78.0 Å². The Labute approximate surface area is 170 Å². The molecule has 5 nitrogen and oxygen atoms in total. The van der Waals surface area contributed by atoms with Crippen LogP contribution in [0.5, 0.6) is 0 Å². The van der Waals surface area contributed by atoms with E-state index >= 15 is 0 Å². The summed E-state index contributed by atoms with van der Waals surface area (Å²) in [5.41, 5.74) is -0.467. The molecule has 1 heterocycles. The molecular weight excluding hydrogens is 427 g/mol. The fraction of sp³-hybridized carbons (Fsp3) is 0.105. The van der Waals surface area contributed by atoms with Gasteiger partial charge in [-0.3, -0.25) is 4.68 Å². The largest absolute Gasteiger partial charge is 0.433 e. The number of primary sulfonamides is 1. The highest BCUT2D eigenvalue weighted by molar-refractivity contribution is 7.89. The molecule has 1 aromatic heterocycles. The first-order chi connectivity index (χ1) is 13.5. The van der Waals surface area contributed by atoms with Crippen molar-refractivity contribution in [2.45, 2.75) is 17.6 Å². The summed E-state index contributed by atoms with van der Waals surface area (Å²) in [6.07, 6.45) is -3.38. The molecule has 0 radical (unpaired) electrons. The maximum atomic E-state index is 13.9. The van der Waals surface area contributed by atoms with E-state index in [1.54, 1.807) is 0 Å². The van der Waals surface area contributed by atoms with Gasteiger partial charge in [0.05, 0.1) is 11.4 Å². The highest BCUT2D eigenvalue weighted by Gasteiger charge is 2.40. The van der Waals surface area contributed by atoms with Gasteiger partial charge in [-0.05, 0) is 29.8 Å². The predicted octanol–water partition coefficient (Wildman–Crippen LogP) is 4.72. The van der Waals surface area contributed by atoms with E-state index in [2.05, 4.69) is 11.7 Å².